The average Bonchev–Trinajstić information content (AvgIpc) is 3.17. The summed E-state index contributed by atoms with van der Waals surface area (Å²) in [5.74, 6) is -0.636. The quantitative estimate of drug-likeness (QED) is 0.914. The van der Waals surface area contributed by atoms with Gasteiger partial charge in [-0.2, -0.15) is 4.31 Å². The Labute approximate surface area is 133 Å². The summed E-state index contributed by atoms with van der Waals surface area (Å²) in [5.41, 5.74) is -0.650. The molecule has 2 heterocycles. The summed E-state index contributed by atoms with van der Waals surface area (Å²) < 4.78 is 32.2. The monoisotopic (exact) mass is 336 g/mol. The molecule has 122 valence electrons. The van der Waals surface area contributed by atoms with E-state index in [4.69, 9.17) is 4.52 Å². The molecule has 1 N–H and O–H groups in total. The number of aliphatic carboxylic acids is 1. The van der Waals surface area contributed by atoms with Gasteiger partial charge in [0, 0.05) is 24.7 Å². The van der Waals surface area contributed by atoms with Crippen molar-refractivity contribution in [2.24, 2.45) is 5.41 Å². The van der Waals surface area contributed by atoms with Gasteiger partial charge in [-0.05, 0) is 25.5 Å². The van der Waals surface area contributed by atoms with Crippen LogP contribution in [0.1, 0.15) is 13.3 Å². The van der Waals surface area contributed by atoms with Crippen molar-refractivity contribution in [2.75, 3.05) is 13.1 Å². The maximum Gasteiger partial charge on any atom is 0.310 e. The van der Waals surface area contributed by atoms with Gasteiger partial charge in [-0.1, -0.05) is 17.3 Å². The molecule has 0 amide bonds. The van der Waals surface area contributed by atoms with Crippen LogP contribution in [0.4, 0.5) is 0 Å². The number of hydrogen-bond donors (Lipinski definition) is 1. The third-order valence-electron chi connectivity index (χ3n) is 4.16. The van der Waals surface area contributed by atoms with E-state index in [1.807, 2.05) is 0 Å². The van der Waals surface area contributed by atoms with Crippen LogP contribution in [0.2, 0.25) is 0 Å². The molecule has 1 aliphatic heterocycles. The molecule has 1 atom stereocenters. The Hall–Kier alpha value is -2.19. The van der Waals surface area contributed by atoms with E-state index in [0.717, 1.165) is 0 Å². The molecule has 1 fully saturated rings. The van der Waals surface area contributed by atoms with Gasteiger partial charge in [-0.3, -0.25) is 4.79 Å². The van der Waals surface area contributed by atoms with Crippen LogP contribution in [0.25, 0.3) is 11.3 Å². The number of hydrogen-bond acceptors (Lipinski definition) is 5. The molecular formula is C15H16N2O5S. The Morgan fingerprint density at radius 2 is 2.09 bits per heavy atom. The molecule has 1 aromatic carbocycles. The lowest BCUT2D eigenvalue weighted by molar-refractivity contribution is -0.146. The highest BCUT2D eigenvalue weighted by Crippen LogP contribution is 2.36. The number of nitrogens with zero attached hydrogens (tertiary/aromatic N) is 2. The smallest absolute Gasteiger partial charge is 0.310 e. The fraction of sp³-hybridized carbons (Fsp3) is 0.333. The average molecular weight is 336 g/mol. The SMILES string of the molecule is CC1(C(=O)O)CCN(S(=O)(=O)c2ccccc2-c2ccno2)C1. The van der Waals surface area contributed by atoms with Crippen molar-refractivity contribution in [3.8, 4) is 11.3 Å². The van der Waals surface area contributed by atoms with E-state index in [1.54, 1.807) is 31.2 Å². The number of carboxylic acid groups (broad SMARTS) is 1. The number of rotatable bonds is 4. The minimum absolute atomic E-state index is 0.0462. The van der Waals surface area contributed by atoms with Gasteiger partial charge in [0.15, 0.2) is 5.76 Å². The lowest BCUT2D eigenvalue weighted by Crippen LogP contribution is -2.35. The van der Waals surface area contributed by atoms with Gasteiger partial charge in [-0.25, -0.2) is 8.42 Å². The second kappa shape index (κ2) is 5.47. The number of carbonyl (C=O) groups is 1. The summed E-state index contributed by atoms with van der Waals surface area (Å²) in [4.78, 5) is 11.4. The standard InChI is InChI=1S/C15H16N2O5S/c1-15(14(18)19)7-9-17(10-15)23(20,21)13-5-3-2-4-11(13)12-6-8-16-22-12/h2-6,8H,7,9-10H2,1H3,(H,18,19). The first kappa shape index (κ1) is 15.7. The zero-order valence-electron chi connectivity index (χ0n) is 12.5. The van der Waals surface area contributed by atoms with Gasteiger partial charge in [0.25, 0.3) is 0 Å². The summed E-state index contributed by atoms with van der Waals surface area (Å²) in [6.45, 7) is 1.69. The predicted molar refractivity (Wildman–Crippen MR) is 81.1 cm³/mol. The van der Waals surface area contributed by atoms with Gasteiger partial charge in [0.2, 0.25) is 10.0 Å². The molecule has 23 heavy (non-hydrogen) atoms. The first-order valence-corrected chi connectivity index (χ1v) is 8.52. The molecular weight excluding hydrogens is 320 g/mol. The fourth-order valence-corrected chi connectivity index (χ4v) is 4.45. The highest BCUT2D eigenvalue weighted by molar-refractivity contribution is 7.89. The lowest BCUT2D eigenvalue weighted by atomic mass is 9.90. The van der Waals surface area contributed by atoms with Crippen LogP contribution in [0.15, 0.2) is 45.9 Å². The van der Waals surface area contributed by atoms with Crippen molar-refractivity contribution in [1.29, 1.82) is 0 Å². The molecule has 7 nitrogen and oxygen atoms in total. The summed E-state index contributed by atoms with van der Waals surface area (Å²) in [7, 11) is -3.82. The van der Waals surface area contributed by atoms with E-state index < -0.39 is 21.4 Å². The van der Waals surface area contributed by atoms with Gasteiger partial charge < -0.3 is 9.63 Å². The summed E-state index contributed by atoms with van der Waals surface area (Å²) >= 11 is 0. The predicted octanol–water partition coefficient (Wildman–Crippen LogP) is 1.83. The molecule has 0 spiro atoms. The molecule has 1 unspecified atom stereocenters. The fourth-order valence-electron chi connectivity index (χ4n) is 2.69. The van der Waals surface area contributed by atoms with Gasteiger partial charge in [-0.15, -0.1) is 0 Å². The van der Waals surface area contributed by atoms with Crippen molar-refractivity contribution in [2.45, 2.75) is 18.2 Å². The van der Waals surface area contributed by atoms with E-state index in [2.05, 4.69) is 5.16 Å². The molecule has 0 bridgehead atoms. The molecule has 0 aliphatic carbocycles. The number of aromatic nitrogens is 1. The zero-order valence-corrected chi connectivity index (χ0v) is 13.3. The number of carboxylic acids is 1. The minimum Gasteiger partial charge on any atom is -0.481 e. The molecule has 8 heteroatoms. The van der Waals surface area contributed by atoms with Crippen molar-refractivity contribution < 1.29 is 22.8 Å². The maximum absolute atomic E-state index is 12.9. The van der Waals surface area contributed by atoms with Crippen molar-refractivity contribution >= 4 is 16.0 Å². The first-order valence-electron chi connectivity index (χ1n) is 7.08. The largest absolute Gasteiger partial charge is 0.481 e. The first-order chi connectivity index (χ1) is 10.8. The van der Waals surface area contributed by atoms with Crippen LogP contribution in [-0.4, -0.2) is 42.0 Å². The highest BCUT2D eigenvalue weighted by Gasteiger charge is 2.45. The van der Waals surface area contributed by atoms with E-state index >= 15 is 0 Å². The Balaban J connectivity index is 2.01. The molecule has 1 aromatic heterocycles. The van der Waals surface area contributed by atoms with Crippen LogP contribution in [-0.2, 0) is 14.8 Å². The maximum atomic E-state index is 12.9. The highest BCUT2D eigenvalue weighted by atomic mass is 32.2. The van der Waals surface area contributed by atoms with E-state index in [1.165, 1.54) is 16.6 Å². The van der Waals surface area contributed by atoms with Crippen LogP contribution in [0.5, 0.6) is 0 Å². The third-order valence-corrected chi connectivity index (χ3v) is 6.07. The summed E-state index contributed by atoms with van der Waals surface area (Å²) in [5, 5.41) is 12.9. The van der Waals surface area contributed by atoms with Crippen LogP contribution >= 0.6 is 0 Å². The Morgan fingerprint density at radius 1 is 1.35 bits per heavy atom. The Kier molecular flexibility index (Phi) is 3.73. The second-order valence-electron chi connectivity index (χ2n) is 5.83. The normalized spacial score (nSPS) is 22.3. The van der Waals surface area contributed by atoms with E-state index in [0.29, 0.717) is 11.3 Å². The third kappa shape index (κ3) is 2.64. The van der Waals surface area contributed by atoms with Crippen molar-refractivity contribution in [1.82, 2.24) is 9.46 Å². The van der Waals surface area contributed by atoms with Crippen LogP contribution in [0.3, 0.4) is 0 Å². The number of benzene rings is 1. The van der Waals surface area contributed by atoms with Crippen molar-refractivity contribution in [3.05, 3.63) is 36.5 Å². The molecule has 3 rings (SSSR count). The molecule has 0 saturated carbocycles. The minimum atomic E-state index is -3.82. The topological polar surface area (TPSA) is 101 Å². The van der Waals surface area contributed by atoms with Crippen LogP contribution in [0, 0.1) is 5.41 Å². The van der Waals surface area contributed by atoms with E-state index in [-0.39, 0.29) is 24.4 Å². The zero-order chi connectivity index (χ0) is 16.7. The van der Waals surface area contributed by atoms with E-state index in [9.17, 15) is 18.3 Å². The summed E-state index contributed by atoms with van der Waals surface area (Å²) in [6.07, 6.45) is 1.72. The number of sulfonamides is 1. The molecule has 1 saturated heterocycles. The molecule has 0 radical (unpaired) electrons. The molecule has 1 aliphatic rings. The van der Waals surface area contributed by atoms with Crippen LogP contribution < -0.4 is 0 Å². The van der Waals surface area contributed by atoms with Gasteiger partial charge in [0.1, 0.15) is 0 Å². The Morgan fingerprint density at radius 3 is 2.70 bits per heavy atom. The van der Waals surface area contributed by atoms with Gasteiger partial charge in [0.05, 0.1) is 16.5 Å². The lowest BCUT2D eigenvalue weighted by Gasteiger charge is -2.21. The summed E-state index contributed by atoms with van der Waals surface area (Å²) in [6, 6.07) is 8.05. The van der Waals surface area contributed by atoms with Crippen molar-refractivity contribution in [3.63, 3.8) is 0 Å². The second-order valence-corrected chi connectivity index (χ2v) is 7.73. The van der Waals surface area contributed by atoms with Gasteiger partial charge >= 0.3 is 5.97 Å². The molecule has 2 aromatic rings. The Bertz CT molecular complexity index is 831.